The molecule has 0 aliphatic rings. The van der Waals surface area contributed by atoms with Crippen molar-refractivity contribution in [1.82, 2.24) is 0 Å². The van der Waals surface area contributed by atoms with E-state index < -0.39 is 32.3 Å². The molecule has 0 saturated heterocycles. The number of carboxylic acids is 1. The molecule has 0 unspecified atom stereocenters. The predicted octanol–water partition coefficient (Wildman–Crippen LogP) is -0.117. The number of azo groups is 1. The molecule has 0 amide bonds. The second-order valence-electron chi connectivity index (χ2n) is 5.78. The van der Waals surface area contributed by atoms with E-state index in [2.05, 4.69) is 10.2 Å². The SMILES string of the molecule is Cc1ccc(N=Nc2c(O)c(C(=O)[O-])cc3ccccc23)c(S(=O)(=O)O)c1.[Na+]. The van der Waals surface area contributed by atoms with Crippen LogP contribution in [0.4, 0.5) is 11.4 Å². The number of fused-ring (bicyclic) bond motifs is 1. The van der Waals surface area contributed by atoms with Crippen LogP contribution in [0.25, 0.3) is 10.8 Å². The summed E-state index contributed by atoms with van der Waals surface area (Å²) in [4.78, 5) is 10.8. The third-order valence-corrected chi connectivity index (χ3v) is 4.75. The number of rotatable bonds is 4. The van der Waals surface area contributed by atoms with E-state index in [1.54, 1.807) is 37.3 Å². The van der Waals surface area contributed by atoms with Crippen LogP contribution in [-0.4, -0.2) is 24.0 Å². The standard InChI is InChI=1S/C18H14N2O6S.Na/c1-10-6-7-14(15(8-10)27(24,25)26)19-20-16-12-5-3-2-4-11(12)9-13(17(16)21)18(22)23;/h2-9,21H,1H3,(H,22,23)(H,24,25,26);/q;+1/p-1. The fraction of sp³-hybridized carbons (Fsp3) is 0.0556. The molecular formula is C18H13N2NaO6S. The first kappa shape index (κ1) is 22.0. The number of carbonyl (C=O) groups excluding carboxylic acids is 1. The average Bonchev–Trinajstić information content (AvgIpc) is 2.60. The van der Waals surface area contributed by atoms with Gasteiger partial charge in [-0.2, -0.15) is 8.42 Å². The Hall–Kier alpha value is -2.30. The average molecular weight is 408 g/mol. The Bertz CT molecular complexity index is 1210. The van der Waals surface area contributed by atoms with Gasteiger partial charge in [-0.3, -0.25) is 4.55 Å². The van der Waals surface area contributed by atoms with E-state index in [0.29, 0.717) is 16.3 Å². The minimum Gasteiger partial charge on any atom is -0.545 e. The van der Waals surface area contributed by atoms with E-state index in [0.717, 1.165) is 0 Å². The van der Waals surface area contributed by atoms with Gasteiger partial charge in [0.2, 0.25) is 0 Å². The largest absolute Gasteiger partial charge is 1.00 e. The van der Waals surface area contributed by atoms with E-state index >= 15 is 0 Å². The zero-order valence-corrected chi connectivity index (χ0v) is 17.8. The van der Waals surface area contributed by atoms with E-state index in [4.69, 9.17) is 0 Å². The van der Waals surface area contributed by atoms with Gasteiger partial charge in [0.15, 0.2) is 5.75 Å². The Morgan fingerprint density at radius 3 is 2.39 bits per heavy atom. The molecule has 8 nitrogen and oxygen atoms in total. The number of aromatic hydroxyl groups is 1. The molecule has 0 saturated carbocycles. The summed E-state index contributed by atoms with van der Waals surface area (Å²) in [5.41, 5.74) is -0.213. The van der Waals surface area contributed by atoms with Crippen molar-refractivity contribution >= 4 is 38.2 Å². The number of nitrogens with zero attached hydrogens (tertiary/aromatic N) is 2. The van der Waals surface area contributed by atoms with Crippen molar-refractivity contribution in [2.24, 2.45) is 10.2 Å². The van der Waals surface area contributed by atoms with Crippen LogP contribution in [0.15, 0.2) is 63.7 Å². The molecule has 0 aromatic heterocycles. The molecule has 28 heavy (non-hydrogen) atoms. The topological polar surface area (TPSA) is 139 Å². The summed E-state index contributed by atoms with van der Waals surface area (Å²) in [6.45, 7) is 1.64. The summed E-state index contributed by atoms with van der Waals surface area (Å²) in [5, 5.41) is 30.1. The van der Waals surface area contributed by atoms with Crippen LogP contribution in [0, 0.1) is 6.92 Å². The normalized spacial score (nSPS) is 11.5. The van der Waals surface area contributed by atoms with Gasteiger partial charge in [0, 0.05) is 10.9 Å². The van der Waals surface area contributed by atoms with Gasteiger partial charge < -0.3 is 15.0 Å². The molecule has 0 bridgehead atoms. The maximum absolute atomic E-state index is 11.6. The van der Waals surface area contributed by atoms with Crippen molar-refractivity contribution in [2.45, 2.75) is 11.8 Å². The van der Waals surface area contributed by atoms with Crippen molar-refractivity contribution in [1.29, 1.82) is 0 Å². The van der Waals surface area contributed by atoms with E-state index in [1.165, 1.54) is 18.2 Å². The molecule has 0 heterocycles. The number of benzene rings is 3. The zero-order valence-electron chi connectivity index (χ0n) is 14.9. The molecule has 3 aromatic carbocycles. The summed E-state index contributed by atoms with van der Waals surface area (Å²) in [6.07, 6.45) is 0. The molecule has 3 aromatic rings. The summed E-state index contributed by atoms with van der Waals surface area (Å²) in [6, 6.07) is 11.9. The molecule has 138 valence electrons. The Morgan fingerprint density at radius 1 is 1.07 bits per heavy atom. The maximum atomic E-state index is 11.6. The molecule has 0 aliphatic carbocycles. The first-order chi connectivity index (χ1) is 12.7. The molecular weight excluding hydrogens is 395 g/mol. The molecule has 0 spiro atoms. The number of aryl methyl sites for hydroxylation is 1. The second-order valence-corrected chi connectivity index (χ2v) is 7.17. The quantitative estimate of drug-likeness (QED) is 0.351. The summed E-state index contributed by atoms with van der Waals surface area (Å²) in [7, 11) is -4.55. The smallest absolute Gasteiger partial charge is 0.545 e. The molecule has 10 heteroatoms. The minimum atomic E-state index is -4.55. The van der Waals surface area contributed by atoms with Gasteiger partial charge >= 0.3 is 29.6 Å². The van der Waals surface area contributed by atoms with Crippen LogP contribution in [-0.2, 0) is 10.1 Å². The van der Waals surface area contributed by atoms with Gasteiger partial charge in [0.25, 0.3) is 10.1 Å². The monoisotopic (exact) mass is 408 g/mol. The van der Waals surface area contributed by atoms with Crippen molar-refractivity contribution in [3.63, 3.8) is 0 Å². The van der Waals surface area contributed by atoms with Gasteiger partial charge in [0.1, 0.15) is 16.3 Å². The van der Waals surface area contributed by atoms with Crippen LogP contribution in [0.3, 0.4) is 0 Å². The first-order valence-electron chi connectivity index (χ1n) is 7.64. The number of aromatic carboxylic acids is 1. The van der Waals surface area contributed by atoms with Gasteiger partial charge in [-0.25, -0.2) is 0 Å². The summed E-state index contributed by atoms with van der Waals surface area (Å²) in [5.74, 6) is -2.25. The Balaban J connectivity index is 0.00000280. The molecule has 2 N–H and O–H groups in total. The van der Waals surface area contributed by atoms with Crippen molar-refractivity contribution < 1.29 is 57.5 Å². The fourth-order valence-corrected chi connectivity index (χ4v) is 3.30. The maximum Gasteiger partial charge on any atom is 1.00 e. The second kappa shape index (κ2) is 8.38. The summed E-state index contributed by atoms with van der Waals surface area (Å²) < 4.78 is 32.5. The van der Waals surface area contributed by atoms with Crippen LogP contribution in [0.5, 0.6) is 5.75 Å². The van der Waals surface area contributed by atoms with Crippen LogP contribution < -0.4 is 34.7 Å². The molecule has 0 radical (unpaired) electrons. The number of carbonyl (C=O) groups is 1. The third-order valence-electron chi connectivity index (χ3n) is 3.87. The van der Waals surface area contributed by atoms with E-state index in [-0.39, 0.29) is 40.9 Å². The van der Waals surface area contributed by atoms with Crippen molar-refractivity contribution in [3.05, 3.63) is 59.7 Å². The Labute approximate surface area is 182 Å². The number of phenols is 1. The third kappa shape index (κ3) is 4.40. The number of hydrogen-bond donors (Lipinski definition) is 2. The van der Waals surface area contributed by atoms with E-state index in [9.17, 15) is 28.0 Å². The van der Waals surface area contributed by atoms with Crippen molar-refractivity contribution in [2.75, 3.05) is 0 Å². The molecule has 0 fully saturated rings. The fourth-order valence-electron chi connectivity index (χ4n) is 2.59. The molecule has 3 rings (SSSR count). The van der Waals surface area contributed by atoms with Gasteiger partial charge in [-0.15, -0.1) is 10.2 Å². The summed E-state index contributed by atoms with van der Waals surface area (Å²) >= 11 is 0. The van der Waals surface area contributed by atoms with Gasteiger partial charge in [-0.1, -0.05) is 30.3 Å². The van der Waals surface area contributed by atoms with E-state index in [1.807, 2.05) is 0 Å². The number of carboxylic acid groups (broad SMARTS) is 1. The van der Waals surface area contributed by atoms with Crippen LogP contribution in [0.1, 0.15) is 15.9 Å². The van der Waals surface area contributed by atoms with Crippen molar-refractivity contribution in [3.8, 4) is 5.75 Å². The van der Waals surface area contributed by atoms with Gasteiger partial charge in [-0.05, 0) is 36.1 Å². The molecule has 0 atom stereocenters. The first-order valence-corrected chi connectivity index (χ1v) is 9.08. The predicted molar refractivity (Wildman–Crippen MR) is 95.1 cm³/mol. The zero-order chi connectivity index (χ0) is 19.8. The Kier molecular flexibility index (Phi) is 6.58. The molecule has 0 aliphatic heterocycles. The van der Waals surface area contributed by atoms with Gasteiger partial charge in [0.05, 0.1) is 5.97 Å². The Morgan fingerprint density at radius 2 is 1.75 bits per heavy atom. The number of hydrogen-bond acceptors (Lipinski definition) is 7. The van der Waals surface area contributed by atoms with Crippen LogP contribution >= 0.6 is 0 Å². The van der Waals surface area contributed by atoms with Crippen LogP contribution in [0.2, 0.25) is 0 Å². The minimum absolute atomic E-state index is 0.